The smallest absolute Gasteiger partial charge is 0.219 e. The molecule has 0 N–H and O–H groups in total. The molecule has 3 rings (SSSR count). The van der Waals surface area contributed by atoms with Crippen LogP contribution in [-0.4, -0.2) is 33.9 Å². The van der Waals surface area contributed by atoms with Crippen LogP contribution in [-0.2, 0) is 4.79 Å². The molecule has 21 heavy (non-hydrogen) atoms. The number of benzene rings is 1. The predicted molar refractivity (Wildman–Crippen MR) is 81.7 cm³/mol. The van der Waals surface area contributed by atoms with E-state index in [0.29, 0.717) is 5.92 Å². The summed E-state index contributed by atoms with van der Waals surface area (Å²) in [5.74, 6) is 1.22. The minimum Gasteiger partial charge on any atom is -0.342 e. The number of hydrogen-bond acceptors (Lipinski definition) is 3. The van der Waals surface area contributed by atoms with Crippen molar-refractivity contribution in [2.45, 2.75) is 25.7 Å². The molecule has 4 nitrogen and oxygen atoms in total. The van der Waals surface area contributed by atoms with Gasteiger partial charge in [0.05, 0.1) is 0 Å². The molecule has 0 spiro atoms. The Bertz CT molecular complexity index is 627. The zero-order valence-electron chi connectivity index (χ0n) is 12.2. The predicted octanol–water partition coefficient (Wildman–Crippen LogP) is 2.87. The van der Waals surface area contributed by atoms with Gasteiger partial charge in [0.2, 0.25) is 5.91 Å². The van der Waals surface area contributed by atoms with Crippen LogP contribution in [0.4, 0.5) is 0 Å². The Morgan fingerprint density at radius 3 is 2.81 bits per heavy atom. The number of aromatic nitrogens is 2. The average molecular weight is 281 g/mol. The van der Waals surface area contributed by atoms with Crippen LogP contribution >= 0.6 is 0 Å². The lowest BCUT2D eigenvalue weighted by Gasteiger charge is -2.31. The lowest BCUT2D eigenvalue weighted by Crippen LogP contribution is -2.37. The molecule has 1 saturated heterocycles. The molecule has 1 fully saturated rings. The number of likely N-dealkylation sites (tertiary alicyclic amines) is 1. The molecular weight excluding hydrogens is 262 g/mol. The van der Waals surface area contributed by atoms with Gasteiger partial charge in [0, 0.05) is 43.4 Å². The maximum Gasteiger partial charge on any atom is 0.219 e. The molecule has 1 amide bonds. The molecule has 0 aliphatic carbocycles. The van der Waals surface area contributed by atoms with Crippen LogP contribution in [0.25, 0.3) is 11.4 Å². The first-order chi connectivity index (χ1) is 10.2. The van der Waals surface area contributed by atoms with Crippen molar-refractivity contribution in [3.05, 3.63) is 48.3 Å². The molecular formula is C17H19N3O. The van der Waals surface area contributed by atoms with E-state index in [0.717, 1.165) is 43.0 Å². The van der Waals surface area contributed by atoms with Crippen LogP contribution in [0.3, 0.4) is 0 Å². The topological polar surface area (TPSA) is 46.1 Å². The van der Waals surface area contributed by atoms with Crippen LogP contribution in [0.1, 0.15) is 31.4 Å². The Morgan fingerprint density at radius 1 is 1.24 bits per heavy atom. The van der Waals surface area contributed by atoms with Gasteiger partial charge in [-0.1, -0.05) is 30.3 Å². The number of amides is 1. The van der Waals surface area contributed by atoms with Crippen molar-refractivity contribution in [1.29, 1.82) is 0 Å². The summed E-state index contributed by atoms with van der Waals surface area (Å²) < 4.78 is 0. The monoisotopic (exact) mass is 281 g/mol. The van der Waals surface area contributed by atoms with E-state index in [1.165, 1.54) is 0 Å². The van der Waals surface area contributed by atoms with E-state index < -0.39 is 0 Å². The highest BCUT2D eigenvalue weighted by Crippen LogP contribution is 2.26. The van der Waals surface area contributed by atoms with Gasteiger partial charge in [-0.2, -0.15) is 0 Å². The molecule has 1 aliphatic rings. The zero-order chi connectivity index (χ0) is 14.7. The first kappa shape index (κ1) is 13.7. The Hall–Kier alpha value is -2.23. The average Bonchev–Trinajstić information content (AvgIpc) is 2.56. The SMILES string of the molecule is CC(=O)N1CCC[C@H](c2ccnc(-c3ccccc3)n2)C1. The van der Waals surface area contributed by atoms with E-state index in [-0.39, 0.29) is 5.91 Å². The first-order valence-corrected chi connectivity index (χ1v) is 7.38. The van der Waals surface area contributed by atoms with Crippen molar-refractivity contribution in [2.75, 3.05) is 13.1 Å². The lowest BCUT2D eigenvalue weighted by atomic mass is 9.94. The second-order valence-electron chi connectivity index (χ2n) is 5.48. The van der Waals surface area contributed by atoms with E-state index >= 15 is 0 Å². The maximum absolute atomic E-state index is 11.6. The molecule has 2 heterocycles. The minimum absolute atomic E-state index is 0.150. The molecule has 1 atom stereocenters. The van der Waals surface area contributed by atoms with Crippen molar-refractivity contribution in [3.63, 3.8) is 0 Å². The maximum atomic E-state index is 11.6. The quantitative estimate of drug-likeness (QED) is 0.850. The van der Waals surface area contributed by atoms with E-state index in [1.54, 1.807) is 6.92 Å². The highest BCUT2D eigenvalue weighted by Gasteiger charge is 2.24. The van der Waals surface area contributed by atoms with Crippen molar-refractivity contribution >= 4 is 5.91 Å². The molecule has 1 aromatic heterocycles. The number of carbonyl (C=O) groups excluding carboxylic acids is 1. The van der Waals surface area contributed by atoms with E-state index in [4.69, 9.17) is 4.98 Å². The normalized spacial score (nSPS) is 18.5. The van der Waals surface area contributed by atoms with Gasteiger partial charge in [-0.3, -0.25) is 4.79 Å². The standard InChI is InChI=1S/C17H19N3O/c1-13(21)20-11-5-8-15(12-20)16-9-10-18-17(19-16)14-6-3-2-4-7-14/h2-4,6-7,9-10,15H,5,8,11-12H2,1H3/t15-/m0/s1. The third-order valence-electron chi connectivity index (χ3n) is 3.99. The van der Waals surface area contributed by atoms with E-state index in [2.05, 4.69) is 4.98 Å². The number of piperidine rings is 1. The second-order valence-corrected chi connectivity index (χ2v) is 5.48. The number of nitrogens with zero attached hydrogens (tertiary/aromatic N) is 3. The summed E-state index contributed by atoms with van der Waals surface area (Å²) in [5, 5.41) is 0. The largest absolute Gasteiger partial charge is 0.342 e. The molecule has 108 valence electrons. The summed E-state index contributed by atoms with van der Waals surface area (Å²) in [7, 11) is 0. The molecule has 1 aliphatic heterocycles. The summed E-state index contributed by atoms with van der Waals surface area (Å²) in [6.07, 6.45) is 3.93. The summed E-state index contributed by atoms with van der Waals surface area (Å²) in [6.45, 7) is 3.26. The van der Waals surface area contributed by atoms with E-state index in [9.17, 15) is 4.79 Å². The molecule has 0 unspecified atom stereocenters. The van der Waals surface area contributed by atoms with Gasteiger partial charge in [-0.25, -0.2) is 9.97 Å². The Balaban J connectivity index is 1.84. The fourth-order valence-corrected chi connectivity index (χ4v) is 2.83. The van der Waals surface area contributed by atoms with Crippen molar-refractivity contribution in [3.8, 4) is 11.4 Å². The Morgan fingerprint density at radius 2 is 2.05 bits per heavy atom. The third-order valence-corrected chi connectivity index (χ3v) is 3.99. The van der Waals surface area contributed by atoms with Gasteiger partial charge in [-0.05, 0) is 18.9 Å². The molecule has 0 bridgehead atoms. The Labute approximate surface area is 124 Å². The van der Waals surface area contributed by atoms with E-state index in [1.807, 2.05) is 47.5 Å². The minimum atomic E-state index is 0.150. The molecule has 4 heteroatoms. The lowest BCUT2D eigenvalue weighted by molar-refractivity contribution is -0.130. The van der Waals surface area contributed by atoms with Crippen molar-refractivity contribution < 1.29 is 4.79 Å². The molecule has 0 radical (unpaired) electrons. The summed E-state index contributed by atoms with van der Waals surface area (Å²) >= 11 is 0. The van der Waals surface area contributed by atoms with Gasteiger partial charge in [-0.15, -0.1) is 0 Å². The molecule has 0 saturated carbocycles. The van der Waals surface area contributed by atoms with Gasteiger partial charge in [0.1, 0.15) is 0 Å². The van der Waals surface area contributed by atoms with Crippen LogP contribution < -0.4 is 0 Å². The fraction of sp³-hybridized carbons (Fsp3) is 0.353. The zero-order valence-corrected chi connectivity index (χ0v) is 12.2. The fourth-order valence-electron chi connectivity index (χ4n) is 2.83. The van der Waals surface area contributed by atoms with Crippen LogP contribution in [0.2, 0.25) is 0 Å². The van der Waals surface area contributed by atoms with Crippen molar-refractivity contribution in [1.82, 2.24) is 14.9 Å². The summed E-state index contributed by atoms with van der Waals surface area (Å²) in [5.41, 5.74) is 2.06. The first-order valence-electron chi connectivity index (χ1n) is 7.38. The highest BCUT2D eigenvalue weighted by atomic mass is 16.2. The number of hydrogen-bond donors (Lipinski definition) is 0. The summed E-state index contributed by atoms with van der Waals surface area (Å²) in [4.78, 5) is 22.6. The summed E-state index contributed by atoms with van der Waals surface area (Å²) in [6, 6.07) is 12.0. The molecule has 1 aromatic carbocycles. The second kappa shape index (κ2) is 6.04. The highest BCUT2D eigenvalue weighted by molar-refractivity contribution is 5.73. The number of carbonyl (C=O) groups is 1. The van der Waals surface area contributed by atoms with Crippen molar-refractivity contribution in [2.24, 2.45) is 0 Å². The van der Waals surface area contributed by atoms with Gasteiger partial charge in [0.25, 0.3) is 0 Å². The third kappa shape index (κ3) is 3.10. The Kier molecular flexibility index (Phi) is 3.95. The van der Waals surface area contributed by atoms with Gasteiger partial charge in [0.15, 0.2) is 5.82 Å². The van der Waals surface area contributed by atoms with Crippen LogP contribution in [0, 0.1) is 0 Å². The van der Waals surface area contributed by atoms with Crippen LogP contribution in [0.5, 0.6) is 0 Å². The molecule has 2 aromatic rings. The number of rotatable bonds is 2. The van der Waals surface area contributed by atoms with Gasteiger partial charge < -0.3 is 4.90 Å². The van der Waals surface area contributed by atoms with Crippen LogP contribution in [0.15, 0.2) is 42.6 Å². The van der Waals surface area contributed by atoms with Gasteiger partial charge >= 0.3 is 0 Å².